The van der Waals surface area contributed by atoms with Gasteiger partial charge in [0.1, 0.15) is 5.75 Å². The third-order valence-electron chi connectivity index (χ3n) is 4.03. The molecule has 1 aliphatic rings. The van der Waals surface area contributed by atoms with Gasteiger partial charge in [-0.25, -0.2) is 4.98 Å². The van der Waals surface area contributed by atoms with Crippen LogP contribution in [0.1, 0.15) is 17.0 Å². The number of benzene rings is 2. The summed E-state index contributed by atoms with van der Waals surface area (Å²) in [5.41, 5.74) is 1.12. The number of nitrogens with one attached hydrogen (secondary N) is 1. The zero-order chi connectivity index (χ0) is 16.5. The third kappa shape index (κ3) is 2.97. The van der Waals surface area contributed by atoms with E-state index < -0.39 is 0 Å². The van der Waals surface area contributed by atoms with Crippen molar-refractivity contribution < 1.29 is 9.53 Å². The summed E-state index contributed by atoms with van der Waals surface area (Å²) < 4.78 is 5.69. The first-order chi connectivity index (χ1) is 11.7. The van der Waals surface area contributed by atoms with Crippen molar-refractivity contribution in [2.24, 2.45) is 0 Å². The number of hydrogen-bond acceptors (Lipinski definition) is 4. The summed E-state index contributed by atoms with van der Waals surface area (Å²) in [5, 5.41) is 5.95. The van der Waals surface area contributed by atoms with Crippen LogP contribution in [0.3, 0.4) is 0 Å². The summed E-state index contributed by atoms with van der Waals surface area (Å²) in [5.74, 6) is 0.438. The van der Waals surface area contributed by atoms with Crippen LogP contribution in [0.2, 0.25) is 5.02 Å². The molecule has 6 heteroatoms. The SMILES string of the molecule is O=C(COc1ccc(Cl)c2ccccc12)Nc1nc2c(s1)CCC2. The number of halogens is 1. The minimum Gasteiger partial charge on any atom is -0.483 e. The fourth-order valence-corrected chi connectivity index (χ4v) is 4.20. The lowest BCUT2D eigenvalue weighted by Crippen LogP contribution is -2.20. The molecule has 4 rings (SSSR count). The number of ether oxygens (including phenoxy) is 1. The number of hydrogen-bond donors (Lipinski definition) is 1. The number of aromatic nitrogens is 1. The molecule has 3 aromatic rings. The van der Waals surface area contributed by atoms with E-state index in [0.717, 1.165) is 35.7 Å². The Kier molecular flexibility index (Phi) is 4.12. The summed E-state index contributed by atoms with van der Waals surface area (Å²) in [6.07, 6.45) is 3.24. The average Bonchev–Trinajstić information content (AvgIpc) is 3.16. The lowest BCUT2D eigenvalue weighted by atomic mass is 10.1. The minimum atomic E-state index is -0.207. The fourth-order valence-electron chi connectivity index (χ4n) is 2.90. The van der Waals surface area contributed by atoms with Gasteiger partial charge in [-0.3, -0.25) is 10.1 Å². The molecule has 1 aromatic heterocycles. The third-order valence-corrected chi connectivity index (χ3v) is 5.43. The zero-order valence-electron chi connectivity index (χ0n) is 12.8. The highest BCUT2D eigenvalue weighted by Gasteiger charge is 2.18. The smallest absolute Gasteiger partial charge is 0.264 e. The van der Waals surface area contributed by atoms with Gasteiger partial charge in [0.25, 0.3) is 5.91 Å². The Bertz CT molecular complexity index is 901. The van der Waals surface area contributed by atoms with Crippen LogP contribution in [0, 0.1) is 0 Å². The molecule has 1 heterocycles. The molecule has 0 atom stereocenters. The number of carbonyl (C=O) groups excluding carboxylic acids is 1. The number of carbonyl (C=O) groups is 1. The van der Waals surface area contributed by atoms with E-state index in [4.69, 9.17) is 16.3 Å². The number of rotatable bonds is 4. The van der Waals surface area contributed by atoms with E-state index in [2.05, 4.69) is 10.3 Å². The normalized spacial score (nSPS) is 13.0. The number of nitrogens with zero attached hydrogens (tertiary/aromatic N) is 1. The van der Waals surface area contributed by atoms with Crippen molar-refractivity contribution in [2.45, 2.75) is 19.3 Å². The second kappa shape index (κ2) is 6.42. The van der Waals surface area contributed by atoms with Gasteiger partial charge in [-0.2, -0.15) is 0 Å². The number of aryl methyl sites for hydroxylation is 2. The first-order valence-corrected chi connectivity index (χ1v) is 8.98. The monoisotopic (exact) mass is 358 g/mol. The summed E-state index contributed by atoms with van der Waals surface area (Å²) >= 11 is 7.75. The van der Waals surface area contributed by atoms with Crippen LogP contribution >= 0.6 is 22.9 Å². The van der Waals surface area contributed by atoms with Crippen molar-refractivity contribution in [1.82, 2.24) is 4.98 Å². The highest BCUT2D eigenvalue weighted by Crippen LogP contribution is 2.32. The van der Waals surface area contributed by atoms with Crippen molar-refractivity contribution in [3.8, 4) is 5.75 Å². The summed E-state index contributed by atoms with van der Waals surface area (Å²) in [6.45, 7) is -0.0596. The molecule has 0 saturated heterocycles. The molecule has 0 aliphatic heterocycles. The average molecular weight is 359 g/mol. The maximum absolute atomic E-state index is 12.1. The van der Waals surface area contributed by atoms with E-state index >= 15 is 0 Å². The van der Waals surface area contributed by atoms with Gasteiger partial charge < -0.3 is 4.74 Å². The largest absolute Gasteiger partial charge is 0.483 e. The van der Waals surface area contributed by atoms with Gasteiger partial charge in [0, 0.05) is 20.7 Å². The fraction of sp³-hybridized carbons (Fsp3) is 0.222. The van der Waals surface area contributed by atoms with E-state index in [1.807, 2.05) is 24.3 Å². The second-order valence-electron chi connectivity index (χ2n) is 5.67. The molecular formula is C18H15ClN2O2S. The van der Waals surface area contributed by atoms with Crippen molar-refractivity contribution in [1.29, 1.82) is 0 Å². The van der Waals surface area contributed by atoms with Gasteiger partial charge >= 0.3 is 0 Å². The molecule has 0 bridgehead atoms. The van der Waals surface area contributed by atoms with E-state index in [-0.39, 0.29) is 12.5 Å². The van der Waals surface area contributed by atoms with E-state index in [1.54, 1.807) is 23.5 Å². The predicted molar refractivity (Wildman–Crippen MR) is 97.2 cm³/mol. The van der Waals surface area contributed by atoms with Gasteiger partial charge in [0.05, 0.1) is 5.69 Å². The first kappa shape index (κ1) is 15.4. The minimum absolute atomic E-state index is 0.0596. The Balaban J connectivity index is 1.44. The van der Waals surface area contributed by atoms with Crippen LogP contribution in [0.4, 0.5) is 5.13 Å². The van der Waals surface area contributed by atoms with Crippen molar-refractivity contribution in [2.75, 3.05) is 11.9 Å². The van der Waals surface area contributed by atoms with Gasteiger partial charge in [0.15, 0.2) is 11.7 Å². The van der Waals surface area contributed by atoms with E-state index in [0.29, 0.717) is 15.9 Å². The van der Waals surface area contributed by atoms with Gasteiger partial charge in [-0.05, 0) is 31.4 Å². The molecule has 4 nitrogen and oxygen atoms in total. The summed E-state index contributed by atoms with van der Waals surface area (Å²) in [4.78, 5) is 17.9. The van der Waals surface area contributed by atoms with E-state index in [9.17, 15) is 4.79 Å². The molecule has 0 saturated carbocycles. The molecule has 1 aliphatic carbocycles. The molecule has 0 fully saturated rings. The number of thiazole rings is 1. The topological polar surface area (TPSA) is 51.2 Å². The van der Waals surface area contributed by atoms with Crippen LogP contribution < -0.4 is 10.1 Å². The molecule has 1 N–H and O–H groups in total. The Hall–Kier alpha value is -2.11. The van der Waals surface area contributed by atoms with Crippen LogP contribution in [0.5, 0.6) is 5.75 Å². The summed E-state index contributed by atoms with van der Waals surface area (Å²) in [6, 6.07) is 11.3. The molecule has 0 unspecified atom stereocenters. The van der Waals surface area contributed by atoms with Crippen LogP contribution in [-0.4, -0.2) is 17.5 Å². The molecule has 0 radical (unpaired) electrons. The van der Waals surface area contributed by atoms with E-state index in [1.165, 1.54) is 4.88 Å². The number of anilines is 1. The molecule has 24 heavy (non-hydrogen) atoms. The number of fused-ring (bicyclic) bond motifs is 2. The van der Waals surface area contributed by atoms with Crippen LogP contribution in [0.15, 0.2) is 36.4 Å². The molecule has 122 valence electrons. The Morgan fingerprint density at radius 2 is 2.04 bits per heavy atom. The molecule has 2 aromatic carbocycles. The molecular weight excluding hydrogens is 344 g/mol. The maximum Gasteiger partial charge on any atom is 0.264 e. The maximum atomic E-state index is 12.1. The summed E-state index contributed by atoms with van der Waals surface area (Å²) in [7, 11) is 0. The predicted octanol–water partition coefficient (Wildman–Crippen LogP) is 4.46. The highest BCUT2D eigenvalue weighted by atomic mass is 35.5. The Labute approximate surface area is 148 Å². The lowest BCUT2D eigenvalue weighted by Gasteiger charge is -2.10. The number of amides is 1. The van der Waals surface area contributed by atoms with Gasteiger partial charge in [0.2, 0.25) is 0 Å². The van der Waals surface area contributed by atoms with Crippen molar-refractivity contribution in [3.63, 3.8) is 0 Å². The molecule has 1 amide bonds. The highest BCUT2D eigenvalue weighted by molar-refractivity contribution is 7.15. The standard InChI is InChI=1S/C18H15ClN2O2S/c19-13-8-9-15(12-5-2-1-4-11(12)13)23-10-17(22)21-18-20-14-6-3-7-16(14)24-18/h1-2,4-5,8-9H,3,6-7,10H2,(H,20,21,22). The van der Waals surface area contributed by atoms with Crippen molar-refractivity contribution >= 4 is 44.7 Å². The quantitative estimate of drug-likeness (QED) is 0.749. The lowest BCUT2D eigenvalue weighted by molar-refractivity contribution is -0.118. The van der Waals surface area contributed by atoms with Crippen molar-refractivity contribution in [3.05, 3.63) is 52.0 Å². The van der Waals surface area contributed by atoms with Gasteiger partial charge in [-0.15, -0.1) is 11.3 Å². The Morgan fingerprint density at radius 1 is 1.21 bits per heavy atom. The van der Waals surface area contributed by atoms with Crippen LogP contribution in [-0.2, 0) is 17.6 Å². The second-order valence-corrected chi connectivity index (χ2v) is 7.16. The van der Waals surface area contributed by atoms with Crippen LogP contribution in [0.25, 0.3) is 10.8 Å². The Morgan fingerprint density at radius 3 is 2.88 bits per heavy atom. The first-order valence-electron chi connectivity index (χ1n) is 7.79. The molecule has 0 spiro atoms. The van der Waals surface area contributed by atoms with Gasteiger partial charge in [-0.1, -0.05) is 35.9 Å². The zero-order valence-corrected chi connectivity index (χ0v) is 14.4.